The van der Waals surface area contributed by atoms with Crippen LogP contribution in [0.3, 0.4) is 0 Å². The Morgan fingerprint density at radius 1 is 0.630 bits per heavy atom. The van der Waals surface area contributed by atoms with Gasteiger partial charge in [0.2, 0.25) is 0 Å². The van der Waals surface area contributed by atoms with Crippen molar-refractivity contribution in [1.82, 2.24) is 14.5 Å². The summed E-state index contributed by atoms with van der Waals surface area (Å²) < 4.78 is 2.16. The van der Waals surface area contributed by atoms with Gasteiger partial charge in [-0.3, -0.25) is 4.98 Å². The molecule has 0 N–H and O–H groups in total. The molecule has 0 fully saturated rings. The molecular weight excluding hydrogens is 742 g/mol. The maximum absolute atomic E-state index is 5.04. The molecule has 0 amide bonds. The van der Waals surface area contributed by atoms with Gasteiger partial charge in [-0.15, -0.1) is 64.0 Å². The molecule has 2 heterocycles. The van der Waals surface area contributed by atoms with Crippen molar-refractivity contribution in [2.24, 2.45) is 7.05 Å². The zero-order chi connectivity index (χ0) is 30.0. The molecule has 0 saturated heterocycles. The predicted molar refractivity (Wildman–Crippen MR) is 182 cm³/mol. The number of fused-ring (bicyclic) bond motifs is 5. The van der Waals surface area contributed by atoms with Gasteiger partial charge in [0, 0.05) is 18.7 Å². The molecule has 9 rings (SSSR count). The number of para-hydroxylation sites is 2. The molecule has 0 spiro atoms. The Labute approximate surface area is 282 Å². The number of hydrogen-bond acceptors (Lipinski definition) is 2. The molecule has 4 heteroatoms. The third-order valence-corrected chi connectivity index (χ3v) is 9.29. The van der Waals surface area contributed by atoms with Crippen LogP contribution in [-0.2, 0) is 33.5 Å². The van der Waals surface area contributed by atoms with Gasteiger partial charge in [0.05, 0.1) is 16.9 Å². The summed E-state index contributed by atoms with van der Waals surface area (Å²) in [4.78, 5) is 9.83. The molecule has 0 atom stereocenters. The normalized spacial score (nSPS) is 12.9. The minimum atomic E-state index is -0.665. The van der Waals surface area contributed by atoms with Crippen molar-refractivity contribution in [2.75, 3.05) is 0 Å². The van der Waals surface area contributed by atoms with Gasteiger partial charge < -0.3 is 9.55 Å². The van der Waals surface area contributed by atoms with E-state index in [-0.39, 0.29) is 21.1 Å². The van der Waals surface area contributed by atoms with E-state index in [1.165, 1.54) is 22.3 Å². The van der Waals surface area contributed by atoms with Gasteiger partial charge >= 0.3 is 21.1 Å². The van der Waals surface area contributed by atoms with E-state index < -0.39 is 5.41 Å². The van der Waals surface area contributed by atoms with E-state index in [1.807, 2.05) is 24.4 Å². The Bertz CT molecular complexity index is 2360. The van der Waals surface area contributed by atoms with Crippen molar-refractivity contribution in [2.45, 2.75) is 5.41 Å². The number of rotatable bonds is 4. The van der Waals surface area contributed by atoms with Crippen LogP contribution < -0.4 is 0 Å². The first-order valence-corrected chi connectivity index (χ1v) is 15.2. The standard InChI is InChI=1S/C42H27N3.Pt/c1-45-40-23-9-8-22-39(40)44-41(45)29-14-12-15-30(26-29)42(36-19-6-4-17-33(36)34-18-5-7-20-37(34)42)31-25-28-13-2-3-16-32(28)35(27-31)38-21-10-11-24-43-38;/h2-25H,1H3;/q-2;+2. The largest absolute Gasteiger partial charge is 2.00 e. The minimum Gasteiger partial charge on any atom is -0.367 e. The summed E-state index contributed by atoms with van der Waals surface area (Å²) in [6.45, 7) is 0. The maximum Gasteiger partial charge on any atom is 2.00 e. The first-order chi connectivity index (χ1) is 22.2. The van der Waals surface area contributed by atoms with Gasteiger partial charge in [-0.05, 0) is 46.1 Å². The van der Waals surface area contributed by atoms with Crippen molar-refractivity contribution in [3.8, 4) is 33.8 Å². The summed E-state index contributed by atoms with van der Waals surface area (Å²) >= 11 is 0. The second-order valence-corrected chi connectivity index (χ2v) is 11.7. The van der Waals surface area contributed by atoms with Gasteiger partial charge in [-0.1, -0.05) is 102 Å². The fourth-order valence-electron chi connectivity index (χ4n) is 7.32. The Balaban J connectivity index is 0.00000312. The predicted octanol–water partition coefficient (Wildman–Crippen LogP) is 9.42. The van der Waals surface area contributed by atoms with Crippen LogP contribution in [0.5, 0.6) is 0 Å². The third-order valence-electron chi connectivity index (χ3n) is 9.29. The second kappa shape index (κ2) is 11.0. The number of imidazole rings is 1. The third kappa shape index (κ3) is 4.09. The van der Waals surface area contributed by atoms with E-state index in [0.717, 1.165) is 55.6 Å². The summed E-state index contributed by atoms with van der Waals surface area (Å²) in [6.07, 6.45) is 1.86. The summed E-state index contributed by atoms with van der Waals surface area (Å²) in [5, 5.41) is 2.28. The smallest absolute Gasteiger partial charge is 0.367 e. The van der Waals surface area contributed by atoms with E-state index in [9.17, 15) is 0 Å². The first kappa shape index (κ1) is 28.4. The molecule has 6 aromatic carbocycles. The summed E-state index contributed by atoms with van der Waals surface area (Å²) in [5.74, 6) is 0.893. The summed E-state index contributed by atoms with van der Waals surface area (Å²) in [6, 6.07) is 57.2. The molecule has 1 aliphatic rings. The number of pyridine rings is 1. The topological polar surface area (TPSA) is 30.7 Å². The molecule has 220 valence electrons. The molecule has 0 bridgehead atoms. The molecule has 1 aliphatic carbocycles. The van der Waals surface area contributed by atoms with Crippen molar-refractivity contribution in [3.63, 3.8) is 0 Å². The van der Waals surface area contributed by atoms with Crippen molar-refractivity contribution in [1.29, 1.82) is 0 Å². The molecule has 0 unspecified atom stereocenters. The fraction of sp³-hybridized carbons (Fsp3) is 0.0476. The SMILES string of the molecule is Cn1c(-c2[c-]c(C3(c4[c-]c(-c5ccccn5)c5ccccc5c4)c4ccccc4-c4ccccc43)ccc2)nc2ccccc21.[Pt+2]. The number of hydrogen-bond donors (Lipinski definition) is 0. The van der Waals surface area contributed by atoms with Crippen LogP contribution >= 0.6 is 0 Å². The van der Waals surface area contributed by atoms with Gasteiger partial charge in [0.1, 0.15) is 0 Å². The van der Waals surface area contributed by atoms with Crippen LogP contribution in [0.4, 0.5) is 0 Å². The molecule has 3 nitrogen and oxygen atoms in total. The quantitative estimate of drug-likeness (QED) is 0.167. The van der Waals surface area contributed by atoms with Crippen LogP contribution in [0, 0.1) is 12.1 Å². The number of nitrogens with zero attached hydrogens (tertiary/aromatic N) is 3. The second-order valence-electron chi connectivity index (χ2n) is 11.7. The zero-order valence-corrected chi connectivity index (χ0v) is 27.3. The number of aryl methyl sites for hydroxylation is 1. The van der Waals surface area contributed by atoms with Gasteiger partial charge in [0.25, 0.3) is 0 Å². The Hall–Kier alpha value is -5.11. The van der Waals surface area contributed by atoms with Crippen LogP contribution in [-0.4, -0.2) is 14.5 Å². The minimum absolute atomic E-state index is 0. The average Bonchev–Trinajstić information content (AvgIpc) is 3.61. The van der Waals surface area contributed by atoms with Crippen LogP contribution in [0.15, 0.2) is 146 Å². The summed E-state index contributed by atoms with van der Waals surface area (Å²) in [7, 11) is 2.08. The Morgan fingerprint density at radius 2 is 1.33 bits per heavy atom. The average molecular weight is 769 g/mol. The van der Waals surface area contributed by atoms with Crippen molar-refractivity contribution in [3.05, 3.63) is 180 Å². The van der Waals surface area contributed by atoms with Gasteiger partial charge in [-0.25, -0.2) is 0 Å². The van der Waals surface area contributed by atoms with E-state index in [2.05, 4.69) is 145 Å². The monoisotopic (exact) mass is 768 g/mol. The van der Waals surface area contributed by atoms with Crippen LogP contribution in [0.1, 0.15) is 22.3 Å². The van der Waals surface area contributed by atoms with Crippen molar-refractivity contribution >= 4 is 21.8 Å². The molecule has 2 aromatic heterocycles. The van der Waals surface area contributed by atoms with Crippen LogP contribution in [0.25, 0.3) is 55.6 Å². The Kier molecular flexibility index (Phi) is 6.81. The van der Waals surface area contributed by atoms with Crippen molar-refractivity contribution < 1.29 is 21.1 Å². The molecule has 0 saturated carbocycles. The van der Waals surface area contributed by atoms with E-state index in [1.54, 1.807) is 0 Å². The zero-order valence-electron chi connectivity index (χ0n) is 25.0. The molecule has 8 aromatic rings. The molecule has 0 radical (unpaired) electrons. The van der Waals surface area contributed by atoms with E-state index in [4.69, 9.17) is 9.97 Å². The van der Waals surface area contributed by atoms with Crippen LogP contribution in [0.2, 0.25) is 0 Å². The van der Waals surface area contributed by atoms with E-state index in [0.29, 0.717) is 0 Å². The maximum atomic E-state index is 5.04. The summed E-state index contributed by atoms with van der Waals surface area (Å²) in [5.41, 5.74) is 11.3. The fourth-order valence-corrected chi connectivity index (χ4v) is 7.32. The Morgan fingerprint density at radius 3 is 2.09 bits per heavy atom. The van der Waals surface area contributed by atoms with Gasteiger partial charge in [0.15, 0.2) is 0 Å². The van der Waals surface area contributed by atoms with E-state index >= 15 is 0 Å². The first-order valence-electron chi connectivity index (χ1n) is 15.2. The molecular formula is C42H27N3Pt. The molecule has 46 heavy (non-hydrogen) atoms. The number of benzene rings is 6. The van der Waals surface area contributed by atoms with Gasteiger partial charge in [-0.2, -0.15) is 0 Å². The molecule has 0 aliphatic heterocycles. The number of aromatic nitrogens is 3.